The summed E-state index contributed by atoms with van der Waals surface area (Å²) in [6.45, 7) is -0.173. The highest BCUT2D eigenvalue weighted by Gasteiger charge is 2.32. The fourth-order valence-corrected chi connectivity index (χ4v) is 2.45. The van der Waals surface area contributed by atoms with Crippen LogP contribution in [-0.2, 0) is 17.8 Å². The van der Waals surface area contributed by atoms with E-state index in [0.29, 0.717) is 0 Å². The second-order valence-electron chi connectivity index (χ2n) is 6.27. The summed E-state index contributed by atoms with van der Waals surface area (Å²) in [5.74, 6) is -2.46. The Morgan fingerprint density at radius 1 is 1.21 bits per heavy atom. The molecule has 148 valence electrons. The van der Waals surface area contributed by atoms with Crippen molar-refractivity contribution in [2.24, 2.45) is 5.92 Å². The molecule has 1 aliphatic rings. The lowest BCUT2D eigenvalue weighted by molar-refractivity contribution is -0.275. The zero-order valence-electron chi connectivity index (χ0n) is 14.4. The van der Waals surface area contributed by atoms with Crippen molar-refractivity contribution in [1.29, 1.82) is 0 Å². The van der Waals surface area contributed by atoms with Gasteiger partial charge in [0.15, 0.2) is 11.6 Å². The van der Waals surface area contributed by atoms with E-state index in [0.717, 1.165) is 25.0 Å². The van der Waals surface area contributed by atoms with Gasteiger partial charge in [0.25, 0.3) is 5.91 Å². The second kappa shape index (κ2) is 7.91. The number of benzene rings is 1. The summed E-state index contributed by atoms with van der Waals surface area (Å²) in [6, 6.07) is 4.24. The molecule has 1 fully saturated rings. The lowest BCUT2D eigenvalue weighted by Crippen LogP contribution is -2.25. The molecular formula is C18H15F4N3O3. The van der Waals surface area contributed by atoms with E-state index in [9.17, 15) is 27.2 Å². The summed E-state index contributed by atoms with van der Waals surface area (Å²) >= 11 is 0. The Balaban J connectivity index is 1.62. The second-order valence-corrected chi connectivity index (χ2v) is 6.27. The van der Waals surface area contributed by atoms with Crippen molar-refractivity contribution in [3.63, 3.8) is 0 Å². The third kappa shape index (κ3) is 5.48. The predicted molar refractivity (Wildman–Crippen MR) is 87.7 cm³/mol. The van der Waals surface area contributed by atoms with E-state index in [-0.39, 0.29) is 41.7 Å². The van der Waals surface area contributed by atoms with Gasteiger partial charge in [-0.3, -0.25) is 9.59 Å². The van der Waals surface area contributed by atoms with Crippen LogP contribution in [0, 0.1) is 11.7 Å². The first-order valence-corrected chi connectivity index (χ1v) is 8.38. The molecule has 1 heterocycles. The number of hydrogen-bond acceptors (Lipinski definition) is 5. The molecule has 1 N–H and O–H groups in total. The van der Waals surface area contributed by atoms with E-state index in [4.69, 9.17) is 0 Å². The summed E-state index contributed by atoms with van der Waals surface area (Å²) in [7, 11) is 0. The first-order valence-electron chi connectivity index (χ1n) is 8.38. The molecule has 28 heavy (non-hydrogen) atoms. The van der Waals surface area contributed by atoms with Crippen molar-refractivity contribution < 1.29 is 31.9 Å². The highest BCUT2D eigenvalue weighted by Crippen LogP contribution is 2.30. The maximum atomic E-state index is 13.4. The Kier molecular flexibility index (Phi) is 5.57. The van der Waals surface area contributed by atoms with Gasteiger partial charge in [-0.15, -0.1) is 13.2 Å². The number of nitrogens with zero attached hydrogens (tertiary/aromatic N) is 2. The molecular weight excluding hydrogens is 382 g/mol. The molecule has 1 aromatic carbocycles. The monoisotopic (exact) mass is 397 g/mol. The van der Waals surface area contributed by atoms with Gasteiger partial charge in [0.2, 0.25) is 0 Å². The van der Waals surface area contributed by atoms with E-state index in [2.05, 4.69) is 20.0 Å². The van der Waals surface area contributed by atoms with E-state index in [1.807, 2.05) is 0 Å². The van der Waals surface area contributed by atoms with Gasteiger partial charge < -0.3 is 10.1 Å². The quantitative estimate of drug-likeness (QED) is 0.727. The van der Waals surface area contributed by atoms with Gasteiger partial charge in [-0.05, 0) is 36.6 Å². The standard InChI is InChI=1S/C18H15F4N3O3/c19-12-4-1-10(7-15(12)28-18(20,21)22)9-24-17(27)13-5-6-23-16(25-13)8-14(26)11-2-3-11/h1,4-7,11H,2-3,8-9H2,(H,24,27). The van der Waals surface area contributed by atoms with Crippen LogP contribution in [-0.4, -0.2) is 28.0 Å². The number of rotatable bonds is 7. The number of aromatic nitrogens is 2. The molecule has 0 aliphatic heterocycles. The molecule has 0 atom stereocenters. The van der Waals surface area contributed by atoms with E-state index in [1.165, 1.54) is 18.3 Å². The average Bonchev–Trinajstić information content (AvgIpc) is 3.46. The maximum absolute atomic E-state index is 13.4. The number of alkyl halides is 3. The fraction of sp³-hybridized carbons (Fsp3) is 0.333. The zero-order valence-corrected chi connectivity index (χ0v) is 14.4. The summed E-state index contributed by atoms with van der Waals surface area (Å²) in [5.41, 5.74) is 0.217. The van der Waals surface area contributed by atoms with Crippen molar-refractivity contribution >= 4 is 11.7 Å². The lowest BCUT2D eigenvalue weighted by Gasteiger charge is -2.11. The predicted octanol–water partition coefficient (Wildman–Crippen LogP) is 2.97. The Morgan fingerprint density at radius 3 is 2.64 bits per heavy atom. The van der Waals surface area contributed by atoms with Gasteiger partial charge in [0.1, 0.15) is 17.3 Å². The smallest absolute Gasteiger partial charge is 0.403 e. The number of Topliss-reactive ketones (excluding diaryl/α,β-unsaturated/α-hetero) is 1. The minimum atomic E-state index is -5.03. The molecule has 6 nitrogen and oxygen atoms in total. The van der Waals surface area contributed by atoms with Crippen LogP contribution >= 0.6 is 0 Å². The largest absolute Gasteiger partial charge is 0.573 e. The lowest BCUT2D eigenvalue weighted by atomic mass is 10.2. The third-order valence-corrected chi connectivity index (χ3v) is 3.98. The van der Waals surface area contributed by atoms with Crippen molar-refractivity contribution in [2.75, 3.05) is 0 Å². The molecule has 0 unspecified atom stereocenters. The topological polar surface area (TPSA) is 81.2 Å². The summed E-state index contributed by atoms with van der Waals surface area (Å²) < 4.78 is 53.8. The number of hydrogen-bond donors (Lipinski definition) is 1. The molecule has 1 aliphatic carbocycles. The van der Waals surface area contributed by atoms with Gasteiger partial charge in [0.05, 0.1) is 6.42 Å². The molecule has 3 rings (SSSR count). The van der Waals surface area contributed by atoms with Crippen LogP contribution in [0.2, 0.25) is 0 Å². The van der Waals surface area contributed by atoms with Gasteiger partial charge in [-0.2, -0.15) is 0 Å². The van der Waals surface area contributed by atoms with Gasteiger partial charge in [0, 0.05) is 18.7 Å². The highest BCUT2D eigenvalue weighted by atomic mass is 19.4. The Morgan fingerprint density at radius 2 is 1.96 bits per heavy atom. The number of amides is 1. The zero-order chi connectivity index (χ0) is 20.3. The highest BCUT2D eigenvalue weighted by molar-refractivity contribution is 5.92. The number of carbonyl (C=O) groups is 2. The number of carbonyl (C=O) groups excluding carboxylic acids is 2. The SMILES string of the molecule is O=C(NCc1ccc(F)c(OC(F)(F)F)c1)c1ccnc(CC(=O)C2CC2)n1. The minimum Gasteiger partial charge on any atom is -0.403 e. The average molecular weight is 397 g/mol. The molecule has 1 aromatic heterocycles. The maximum Gasteiger partial charge on any atom is 0.573 e. The van der Waals surface area contributed by atoms with E-state index in [1.54, 1.807) is 0 Å². The molecule has 0 bridgehead atoms. The van der Waals surface area contributed by atoms with Gasteiger partial charge in [-0.25, -0.2) is 14.4 Å². The minimum absolute atomic E-state index is 0.0162. The molecule has 0 spiro atoms. The van der Waals surface area contributed by atoms with Crippen molar-refractivity contribution in [1.82, 2.24) is 15.3 Å². The summed E-state index contributed by atoms with van der Waals surface area (Å²) in [4.78, 5) is 32.0. The van der Waals surface area contributed by atoms with Crippen LogP contribution in [0.15, 0.2) is 30.5 Å². The molecule has 0 saturated heterocycles. The van der Waals surface area contributed by atoms with Gasteiger partial charge in [-0.1, -0.05) is 6.07 Å². The first kappa shape index (κ1) is 19.7. The van der Waals surface area contributed by atoms with Crippen LogP contribution < -0.4 is 10.1 Å². The first-order chi connectivity index (χ1) is 13.2. The molecule has 1 saturated carbocycles. The Bertz CT molecular complexity index is 898. The third-order valence-electron chi connectivity index (χ3n) is 3.98. The fourth-order valence-electron chi connectivity index (χ4n) is 2.45. The number of ether oxygens (including phenoxy) is 1. The van der Waals surface area contributed by atoms with E-state index >= 15 is 0 Å². The molecule has 10 heteroatoms. The van der Waals surface area contributed by atoms with Crippen LogP contribution in [0.3, 0.4) is 0 Å². The summed E-state index contributed by atoms with van der Waals surface area (Å²) in [6.07, 6.45) is -1.92. The van der Waals surface area contributed by atoms with Gasteiger partial charge >= 0.3 is 6.36 Å². The molecule has 1 amide bonds. The number of nitrogens with one attached hydrogen (secondary N) is 1. The van der Waals surface area contributed by atoms with Crippen LogP contribution in [0.5, 0.6) is 5.75 Å². The van der Waals surface area contributed by atoms with Crippen molar-refractivity contribution in [3.8, 4) is 5.75 Å². The van der Waals surface area contributed by atoms with Crippen molar-refractivity contribution in [2.45, 2.75) is 32.2 Å². The normalized spacial score (nSPS) is 13.9. The van der Waals surface area contributed by atoms with E-state index < -0.39 is 23.8 Å². The number of ketones is 1. The Hall–Kier alpha value is -3.04. The van der Waals surface area contributed by atoms with Crippen LogP contribution in [0.25, 0.3) is 0 Å². The van der Waals surface area contributed by atoms with Crippen LogP contribution in [0.1, 0.15) is 34.7 Å². The Labute approximate surface area is 156 Å². The van der Waals surface area contributed by atoms with Crippen molar-refractivity contribution in [3.05, 3.63) is 53.4 Å². The number of halogens is 4. The molecule has 2 aromatic rings. The van der Waals surface area contributed by atoms with Crippen LogP contribution in [0.4, 0.5) is 17.6 Å². The summed E-state index contributed by atoms with van der Waals surface area (Å²) in [5, 5.41) is 2.47. The molecule has 0 radical (unpaired) electrons.